The summed E-state index contributed by atoms with van der Waals surface area (Å²) in [5.41, 5.74) is 3.44. The summed E-state index contributed by atoms with van der Waals surface area (Å²) in [6.45, 7) is 6.25. The number of rotatable bonds is 4. The first kappa shape index (κ1) is 20.9. The Labute approximate surface area is 188 Å². The highest BCUT2D eigenvalue weighted by molar-refractivity contribution is 5.92. The molecule has 2 aliphatic heterocycles. The fraction of sp³-hybridized carbons (Fsp3) is 0.480. The first-order valence-electron chi connectivity index (χ1n) is 11.6. The molecule has 5 rings (SSSR count). The lowest BCUT2D eigenvalue weighted by atomic mass is 9.97. The van der Waals surface area contributed by atoms with Crippen LogP contribution in [-0.4, -0.2) is 60.2 Å². The zero-order chi connectivity index (χ0) is 21.9. The number of furan rings is 1. The predicted molar refractivity (Wildman–Crippen MR) is 123 cm³/mol. The molecule has 1 aromatic carbocycles. The minimum atomic E-state index is -0.0363. The minimum absolute atomic E-state index is 0.0363. The molecule has 0 N–H and O–H groups in total. The van der Waals surface area contributed by atoms with Crippen LogP contribution in [0.2, 0.25) is 0 Å². The molecule has 2 saturated heterocycles. The molecule has 0 saturated carbocycles. The molecular weight excluding hydrogens is 404 g/mol. The number of amides is 1. The maximum atomic E-state index is 13.5. The van der Waals surface area contributed by atoms with E-state index in [0.29, 0.717) is 37.9 Å². The molecule has 1 atom stereocenters. The van der Waals surface area contributed by atoms with Crippen molar-refractivity contribution in [3.8, 4) is 0 Å². The van der Waals surface area contributed by atoms with Gasteiger partial charge in [0.05, 0.1) is 19.5 Å². The molecule has 3 aromatic rings. The van der Waals surface area contributed by atoms with Gasteiger partial charge in [0.25, 0.3) is 5.91 Å². The zero-order valence-electron chi connectivity index (χ0n) is 18.6. The number of benzene rings is 1. The van der Waals surface area contributed by atoms with Crippen LogP contribution >= 0.6 is 0 Å². The number of aryl methyl sites for hydroxylation is 1. The lowest BCUT2D eigenvalue weighted by Gasteiger charge is -2.28. The highest BCUT2D eigenvalue weighted by Gasteiger charge is 2.26. The van der Waals surface area contributed by atoms with Crippen molar-refractivity contribution in [3.63, 3.8) is 0 Å². The molecule has 0 bridgehead atoms. The third-order valence-electron chi connectivity index (χ3n) is 6.42. The quantitative estimate of drug-likeness (QED) is 0.621. The van der Waals surface area contributed by atoms with Gasteiger partial charge in [0.15, 0.2) is 0 Å². The first-order chi connectivity index (χ1) is 15.7. The van der Waals surface area contributed by atoms with Crippen molar-refractivity contribution < 1.29 is 13.9 Å². The maximum absolute atomic E-state index is 13.5. The molecule has 2 aliphatic rings. The summed E-state index contributed by atoms with van der Waals surface area (Å²) in [5, 5.41) is 1.13. The van der Waals surface area contributed by atoms with Gasteiger partial charge in [-0.3, -0.25) is 4.79 Å². The monoisotopic (exact) mass is 434 g/mol. The van der Waals surface area contributed by atoms with Gasteiger partial charge in [-0.15, -0.1) is 0 Å². The molecular formula is C25H30N4O3. The van der Waals surface area contributed by atoms with Crippen molar-refractivity contribution in [3.05, 3.63) is 53.5 Å². The van der Waals surface area contributed by atoms with E-state index < -0.39 is 0 Å². The van der Waals surface area contributed by atoms with Crippen LogP contribution in [0.15, 0.2) is 41.0 Å². The second kappa shape index (κ2) is 9.28. The lowest BCUT2D eigenvalue weighted by Crippen LogP contribution is -2.37. The third-order valence-corrected chi connectivity index (χ3v) is 6.42. The Balaban J connectivity index is 1.34. The Bertz CT molecular complexity index is 1090. The van der Waals surface area contributed by atoms with Gasteiger partial charge < -0.3 is 19.0 Å². The van der Waals surface area contributed by atoms with Crippen molar-refractivity contribution in [2.75, 3.05) is 44.3 Å². The Hall–Kier alpha value is -2.93. The van der Waals surface area contributed by atoms with Crippen LogP contribution in [0, 0.1) is 12.8 Å². The Morgan fingerprint density at radius 2 is 2.00 bits per heavy atom. The Morgan fingerprint density at radius 1 is 1.12 bits per heavy atom. The van der Waals surface area contributed by atoms with Crippen LogP contribution in [0.1, 0.15) is 41.0 Å². The minimum Gasteiger partial charge on any atom is -0.464 e. The normalized spacial score (nSPS) is 19.8. The predicted octanol–water partition coefficient (Wildman–Crippen LogP) is 3.85. The van der Waals surface area contributed by atoms with Crippen LogP contribution in [0.3, 0.4) is 0 Å². The van der Waals surface area contributed by atoms with E-state index in [1.54, 1.807) is 6.26 Å². The summed E-state index contributed by atoms with van der Waals surface area (Å²) in [4.78, 5) is 26.8. The number of hydrogen-bond acceptors (Lipinski definition) is 6. The van der Waals surface area contributed by atoms with Crippen molar-refractivity contribution in [1.29, 1.82) is 0 Å². The molecule has 1 amide bonds. The molecule has 7 heteroatoms. The van der Waals surface area contributed by atoms with Gasteiger partial charge in [-0.25, -0.2) is 9.97 Å². The smallest absolute Gasteiger partial charge is 0.272 e. The fourth-order valence-electron chi connectivity index (χ4n) is 4.79. The third kappa shape index (κ3) is 4.48. The number of fused-ring (bicyclic) bond motifs is 1. The first-order valence-corrected chi connectivity index (χ1v) is 11.6. The molecule has 4 heterocycles. The number of nitrogens with zero attached hydrogens (tertiary/aromatic N) is 4. The number of piperidine rings is 1. The van der Waals surface area contributed by atoms with Gasteiger partial charge >= 0.3 is 0 Å². The molecule has 0 aliphatic carbocycles. The maximum Gasteiger partial charge on any atom is 0.272 e. The van der Waals surface area contributed by atoms with Gasteiger partial charge in [-0.05, 0) is 56.4 Å². The summed E-state index contributed by atoms with van der Waals surface area (Å²) in [6.07, 6.45) is 6.10. The van der Waals surface area contributed by atoms with Gasteiger partial charge in [-0.2, -0.15) is 0 Å². The average molecular weight is 435 g/mol. The van der Waals surface area contributed by atoms with Crippen LogP contribution in [-0.2, 0) is 11.2 Å². The number of aromatic nitrogens is 2. The number of ether oxygens (including phenoxy) is 1. The number of carbonyl (C=O) groups is 1. The van der Waals surface area contributed by atoms with E-state index in [-0.39, 0.29) is 11.8 Å². The van der Waals surface area contributed by atoms with E-state index in [0.717, 1.165) is 49.0 Å². The van der Waals surface area contributed by atoms with E-state index in [1.165, 1.54) is 12.0 Å². The topological polar surface area (TPSA) is 71.7 Å². The molecule has 0 unspecified atom stereocenters. The van der Waals surface area contributed by atoms with Gasteiger partial charge in [0, 0.05) is 43.2 Å². The molecule has 32 heavy (non-hydrogen) atoms. The second-order valence-corrected chi connectivity index (χ2v) is 8.89. The molecule has 2 aromatic heterocycles. The van der Waals surface area contributed by atoms with Crippen molar-refractivity contribution in [1.82, 2.24) is 14.9 Å². The van der Waals surface area contributed by atoms with Crippen molar-refractivity contribution in [2.45, 2.75) is 32.6 Å². The average Bonchev–Trinajstić information content (AvgIpc) is 3.19. The van der Waals surface area contributed by atoms with Gasteiger partial charge in [0.1, 0.15) is 11.3 Å². The lowest BCUT2D eigenvalue weighted by molar-refractivity contribution is 0.0731. The molecule has 0 radical (unpaired) electrons. The number of carbonyl (C=O) groups excluding carboxylic acids is 1. The van der Waals surface area contributed by atoms with E-state index >= 15 is 0 Å². The molecule has 168 valence electrons. The van der Waals surface area contributed by atoms with E-state index in [1.807, 2.05) is 36.1 Å². The highest BCUT2D eigenvalue weighted by atomic mass is 16.5. The van der Waals surface area contributed by atoms with Crippen molar-refractivity contribution in [2.24, 2.45) is 5.92 Å². The Kier molecular flexibility index (Phi) is 6.08. The fourth-order valence-corrected chi connectivity index (χ4v) is 4.79. The summed E-state index contributed by atoms with van der Waals surface area (Å²) in [5.74, 6) is 0.861. The standard InChI is InChI=1S/C25H30N4O3/c1-18-14-22(27-25(26-18)28-9-3-2-4-10-28)24(30)29-11-13-31-17-19(16-29)15-20-6-5-7-23-21(20)8-12-32-23/h5-8,12,14,19H,2-4,9-11,13,15-17H2,1H3/t19-/m1/s1. The van der Waals surface area contributed by atoms with Crippen LogP contribution < -0.4 is 4.90 Å². The highest BCUT2D eigenvalue weighted by Crippen LogP contribution is 2.24. The molecule has 7 nitrogen and oxygen atoms in total. The summed E-state index contributed by atoms with van der Waals surface area (Å²) >= 11 is 0. The van der Waals surface area contributed by atoms with Gasteiger partial charge in [-0.1, -0.05) is 12.1 Å². The summed E-state index contributed by atoms with van der Waals surface area (Å²) in [6, 6.07) is 9.95. The zero-order valence-corrected chi connectivity index (χ0v) is 18.6. The molecule has 2 fully saturated rings. The van der Waals surface area contributed by atoms with E-state index in [9.17, 15) is 4.79 Å². The second-order valence-electron chi connectivity index (χ2n) is 8.89. The van der Waals surface area contributed by atoms with Crippen molar-refractivity contribution >= 4 is 22.8 Å². The van der Waals surface area contributed by atoms with Crippen LogP contribution in [0.5, 0.6) is 0 Å². The van der Waals surface area contributed by atoms with Crippen LogP contribution in [0.25, 0.3) is 11.0 Å². The van der Waals surface area contributed by atoms with Gasteiger partial charge in [0.2, 0.25) is 5.95 Å². The number of anilines is 1. The summed E-state index contributed by atoms with van der Waals surface area (Å²) in [7, 11) is 0. The van der Waals surface area contributed by atoms with E-state index in [4.69, 9.17) is 9.15 Å². The SMILES string of the molecule is Cc1cc(C(=O)N2CCOC[C@H](Cc3cccc4occc34)C2)nc(N2CCCCC2)n1. The Morgan fingerprint density at radius 3 is 2.88 bits per heavy atom. The summed E-state index contributed by atoms with van der Waals surface area (Å²) < 4.78 is 11.4. The number of hydrogen-bond donors (Lipinski definition) is 0. The van der Waals surface area contributed by atoms with E-state index in [2.05, 4.69) is 20.9 Å². The largest absolute Gasteiger partial charge is 0.464 e. The van der Waals surface area contributed by atoms with Crippen LogP contribution in [0.4, 0.5) is 5.95 Å². The molecule has 0 spiro atoms.